The Morgan fingerprint density at radius 2 is 1.55 bits per heavy atom. The van der Waals surface area contributed by atoms with Gasteiger partial charge in [0.2, 0.25) is 10.0 Å². The quantitative estimate of drug-likeness (QED) is 0.612. The largest absolute Gasteiger partial charge is 0.348 e. The van der Waals surface area contributed by atoms with E-state index < -0.39 is 10.0 Å². The van der Waals surface area contributed by atoms with E-state index in [-0.39, 0.29) is 12.5 Å². The number of sulfonamides is 1. The first-order valence-corrected chi connectivity index (χ1v) is 11.2. The smallest absolute Gasteiger partial charge is 0.251 e. The third-order valence-corrected chi connectivity index (χ3v) is 5.89. The Balaban J connectivity index is 1.73. The minimum Gasteiger partial charge on any atom is -0.348 e. The van der Waals surface area contributed by atoms with E-state index in [0.29, 0.717) is 22.8 Å². The van der Waals surface area contributed by atoms with Crippen molar-refractivity contribution in [3.8, 4) is 0 Å². The number of hydrogen-bond donors (Lipinski definition) is 1. The van der Waals surface area contributed by atoms with Crippen molar-refractivity contribution in [3.63, 3.8) is 0 Å². The standard InChI is InChI=1S/C22H21ClN2O3S/c1-29(27,28)25(16-17-7-3-2-4-8-17)20-13-11-18(12-14-20)22(26)24-15-19-9-5-6-10-21(19)23/h2-14H,15-16H2,1H3,(H,24,26). The summed E-state index contributed by atoms with van der Waals surface area (Å²) in [6.45, 7) is 0.529. The minimum atomic E-state index is -3.48. The van der Waals surface area contributed by atoms with Crippen molar-refractivity contribution in [2.45, 2.75) is 13.1 Å². The summed E-state index contributed by atoms with van der Waals surface area (Å²) in [6.07, 6.45) is 1.17. The summed E-state index contributed by atoms with van der Waals surface area (Å²) in [5.41, 5.74) is 2.64. The lowest BCUT2D eigenvalue weighted by molar-refractivity contribution is 0.0951. The summed E-state index contributed by atoms with van der Waals surface area (Å²) in [4.78, 5) is 12.4. The second-order valence-corrected chi connectivity index (χ2v) is 8.89. The average molecular weight is 429 g/mol. The molecule has 1 N–H and O–H groups in total. The molecular weight excluding hydrogens is 408 g/mol. The molecule has 3 rings (SSSR count). The number of anilines is 1. The van der Waals surface area contributed by atoms with Crippen LogP contribution < -0.4 is 9.62 Å². The molecule has 0 bridgehead atoms. The molecule has 0 fully saturated rings. The highest BCUT2D eigenvalue weighted by Gasteiger charge is 2.18. The highest BCUT2D eigenvalue weighted by Crippen LogP contribution is 2.21. The second kappa shape index (κ2) is 9.11. The molecule has 150 valence electrons. The molecule has 5 nitrogen and oxygen atoms in total. The summed E-state index contributed by atoms with van der Waals surface area (Å²) in [6, 6.07) is 23.1. The Bertz CT molecular complexity index is 1080. The van der Waals surface area contributed by atoms with E-state index in [1.54, 1.807) is 30.3 Å². The zero-order chi connectivity index (χ0) is 20.9. The van der Waals surface area contributed by atoms with Gasteiger partial charge < -0.3 is 5.32 Å². The Morgan fingerprint density at radius 3 is 2.17 bits per heavy atom. The zero-order valence-electron chi connectivity index (χ0n) is 15.9. The molecule has 7 heteroatoms. The van der Waals surface area contributed by atoms with Crippen LogP contribution >= 0.6 is 11.6 Å². The summed E-state index contributed by atoms with van der Waals surface area (Å²) >= 11 is 6.10. The molecule has 0 saturated carbocycles. The fourth-order valence-corrected chi connectivity index (χ4v) is 3.94. The maximum absolute atomic E-state index is 12.4. The predicted molar refractivity (Wildman–Crippen MR) is 117 cm³/mol. The van der Waals surface area contributed by atoms with Gasteiger partial charge in [0.15, 0.2) is 0 Å². The topological polar surface area (TPSA) is 66.5 Å². The van der Waals surface area contributed by atoms with Crippen LogP contribution in [0.2, 0.25) is 5.02 Å². The van der Waals surface area contributed by atoms with E-state index in [0.717, 1.165) is 11.1 Å². The maximum Gasteiger partial charge on any atom is 0.251 e. The van der Waals surface area contributed by atoms with Crippen LogP contribution in [0.25, 0.3) is 0 Å². The van der Waals surface area contributed by atoms with Crippen LogP contribution in [0.1, 0.15) is 21.5 Å². The van der Waals surface area contributed by atoms with Crippen molar-refractivity contribution in [2.75, 3.05) is 10.6 Å². The number of halogens is 1. The van der Waals surface area contributed by atoms with Gasteiger partial charge in [0.25, 0.3) is 5.91 Å². The highest BCUT2D eigenvalue weighted by atomic mass is 35.5. The molecule has 0 atom stereocenters. The molecule has 29 heavy (non-hydrogen) atoms. The van der Waals surface area contributed by atoms with Crippen LogP contribution in [0, 0.1) is 0 Å². The summed E-state index contributed by atoms with van der Waals surface area (Å²) < 4.78 is 25.9. The van der Waals surface area contributed by atoms with Gasteiger partial charge in [0.05, 0.1) is 18.5 Å². The number of carbonyl (C=O) groups excluding carboxylic acids is 1. The molecule has 0 aliphatic heterocycles. The first-order valence-electron chi connectivity index (χ1n) is 8.98. The molecule has 0 aliphatic carbocycles. The molecule has 0 aliphatic rings. The Hall–Kier alpha value is -2.83. The first kappa shape index (κ1) is 20.9. The van der Waals surface area contributed by atoms with Crippen molar-refractivity contribution < 1.29 is 13.2 Å². The fraction of sp³-hybridized carbons (Fsp3) is 0.136. The van der Waals surface area contributed by atoms with Gasteiger partial charge in [-0.3, -0.25) is 9.10 Å². The Labute approximate surface area is 176 Å². The molecule has 0 radical (unpaired) electrons. The molecule has 1 amide bonds. The Kier molecular flexibility index (Phi) is 6.56. The molecule has 0 aromatic heterocycles. The number of hydrogen-bond acceptors (Lipinski definition) is 3. The van der Waals surface area contributed by atoms with Crippen molar-refractivity contribution in [2.24, 2.45) is 0 Å². The van der Waals surface area contributed by atoms with E-state index in [1.165, 1.54) is 10.6 Å². The number of carbonyl (C=O) groups is 1. The number of rotatable bonds is 7. The number of benzene rings is 3. The predicted octanol–water partition coefficient (Wildman–Crippen LogP) is 4.24. The van der Waals surface area contributed by atoms with Gasteiger partial charge in [0.1, 0.15) is 0 Å². The van der Waals surface area contributed by atoms with Crippen molar-refractivity contribution in [3.05, 3.63) is 101 Å². The number of nitrogens with one attached hydrogen (secondary N) is 1. The first-order chi connectivity index (χ1) is 13.8. The molecule has 0 saturated heterocycles. The SMILES string of the molecule is CS(=O)(=O)N(Cc1ccccc1)c1ccc(C(=O)NCc2ccccc2Cl)cc1. The van der Waals surface area contributed by atoms with Crippen LogP contribution in [0.4, 0.5) is 5.69 Å². The van der Waals surface area contributed by atoms with Crippen molar-refractivity contribution >= 4 is 33.2 Å². The third-order valence-electron chi connectivity index (χ3n) is 4.38. The number of nitrogens with zero attached hydrogens (tertiary/aromatic N) is 1. The monoisotopic (exact) mass is 428 g/mol. The van der Waals surface area contributed by atoms with Gasteiger partial charge in [-0.2, -0.15) is 0 Å². The Morgan fingerprint density at radius 1 is 0.931 bits per heavy atom. The van der Waals surface area contributed by atoms with Crippen molar-refractivity contribution in [1.29, 1.82) is 0 Å². The van der Waals surface area contributed by atoms with E-state index in [2.05, 4.69) is 5.32 Å². The lowest BCUT2D eigenvalue weighted by atomic mass is 10.1. The highest BCUT2D eigenvalue weighted by molar-refractivity contribution is 7.92. The van der Waals surface area contributed by atoms with Gasteiger partial charge in [-0.05, 0) is 41.5 Å². The minimum absolute atomic E-state index is 0.220. The molecule has 0 heterocycles. The van der Waals surface area contributed by atoms with Crippen LogP contribution in [-0.2, 0) is 23.1 Å². The molecule has 0 unspecified atom stereocenters. The van der Waals surface area contributed by atoms with Gasteiger partial charge in [-0.15, -0.1) is 0 Å². The average Bonchev–Trinajstić information content (AvgIpc) is 2.71. The van der Waals surface area contributed by atoms with Gasteiger partial charge in [-0.1, -0.05) is 60.1 Å². The van der Waals surface area contributed by atoms with Crippen LogP contribution in [0.15, 0.2) is 78.9 Å². The maximum atomic E-state index is 12.4. The van der Waals surface area contributed by atoms with Gasteiger partial charge in [0, 0.05) is 17.1 Å². The molecule has 3 aromatic carbocycles. The fourth-order valence-electron chi connectivity index (χ4n) is 2.85. The van der Waals surface area contributed by atoms with Crippen LogP contribution in [0.5, 0.6) is 0 Å². The van der Waals surface area contributed by atoms with E-state index in [4.69, 9.17) is 11.6 Å². The molecule has 3 aromatic rings. The van der Waals surface area contributed by atoms with Crippen LogP contribution in [-0.4, -0.2) is 20.6 Å². The summed E-state index contributed by atoms with van der Waals surface area (Å²) in [7, 11) is -3.48. The second-order valence-electron chi connectivity index (χ2n) is 6.58. The molecular formula is C22H21ClN2O3S. The molecule has 0 spiro atoms. The van der Waals surface area contributed by atoms with Gasteiger partial charge in [-0.25, -0.2) is 8.42 Å². The van der Waals surface area contributed by atoms with E-state index >= 15 is 0 Å². The summed E-state index contributed by atoms with van der Waals surface area (Å²) in [5, 5.41) is 3.41. The lowest BCUT2D eigenvalue weighted by Crippen LogP contribution is -2.29. The van der Waals surface area contributed by atoms with Gasteiger partial charge >= 0.3 is 0 Å². The van der Waals surface area contributed by atoms with Crippen LogP contribution in [0.3, 0.4) is 0 Å². The normalized spacial score (nSPS) is 11.1. The zero-order valence-corrected chi connectivity index (χ0v) is 17.5. The summed E-state index contributed by atoms with van der Waals surface area (Å²) in [5.74, 6) is -0.259. The van der Waals surface area contributed by atoms with E-state index in [9.17, 15) is 13.2 Å². The van der Waals surface area contributed by atoms with E-state index in [1.807, 2.05) is 48.5 Å². The van der Waals surface area contributed by atoms with Crippen molar-refractivity contribution in [1.82, 2.24) is 5.32 Å². The lowest BCUT2D eigenvalue weighted by Gasteiger charge is -2.22. The third kappa shape index (κ3) is 5.59. The number of amides is 1.